The van der Waals surface area contributed by atoms with Gasteiger partial charge in [0.2, 0.25) is 5.91 Å². The molecule has 1 amide bonds. The van der Waals surface area contributed by atoms with Gasteiger partial charge < -0.3 is 15.5 Å². The van der Waals surface area contributed by atoms with Gasteiger partial charge in [-0.1, -0.05) is 60.6 Å². The number of carbonyl (C=O) groups is 3. The summed E-state index contributed by atoms with van der Waals surface area (Å²) in [6, 6.07) is 7.70. The average Bonchev–Trinajstić information content (AvgIpc) is 3.38. The maximum atomic E-state index is 14.1. The van der Waals surface area contributed by atoms with E-state index in [1.807, 2.05) is 0 Å². The van der Waals surface area contributed by atoms with Gasteiger partial charge in [-0.15, -0.1) is 0 Å². The lowest BCUT2D eigenvalue weighted by molar-refractivity contribution is -0.239. The molecule has 5 aliphatic rings. The summed E-state index contributed by atoms with van der Waals surface area (Å²) in [5, 5.41) is 21.8. The Morgan fingerprint density at radius 1 is 0.804 bits per heavy atom. The number of rotatable bonds is 7. The Kier molecular flexibility index (Phi) is 8.28. The number of aromatic carboxylic acids is 1. The molecular weight excluding hydrogens is 574 g/mol. The maximum Gasteiger partial charge on any atom is 0.335 e. The van der Waals surface area contributed by atoms with Crippen molar-refractivity contribution in [2.24, 2.45) is 62.6 Å². The maximum absolute atomic E-state index is 14.1. The highest BCUT2D eigenvalue weighted by Gasteiger charge is 2.72. The average molecular weight is 634 g/mol. The predicted octanol–water partition coefficient (Wildman–Crippen LogP) is 8.80. The van der Waals surface area contributed by atoms with Crippen molar-refractivity contribution in [2.75, 3.05) is 6.54 Å². The fraction of sp³-hybridized carbons (Fsp3) is 0.775. The van der Waals surface area contributed by atoms with Crippen molar-refractivity contribution in [1.29, 1.82) is 0 Å². The summed E-state index contributed by atoms with van der Waals surface area (Å²) in [6.07, 6.45) is 11.3. The minimum absolute atomic E-state index is 0.0222. The fourth-order valence-corrected chi connectivity index (χ4v) is 13.7. The van der Waals surface area contributed by atoms with E-state index in [0.717, 1.165) is 32.1 Å². The molecule has 0 bridgehead atoms. The molecule has 1 aromatic rings. The van der Waals surface area contributed by atoms with Gasteiger partial charge >= 0.3 is 11.9 Å². The SMILES string of the molecule is CC(C)[C@@H]1CC[C@]2(C(=O)NCCC(=O)O)CC[C@]3(C)[C@H](CC[C@@H]4[C@@]5(C)CCC(c6ccc(C(=O)O)cc6)C(C)(C)[C@@H]5CC[C@]43C)[C@@H]12. The lowest BCUT2D eigenvalue weighted by Gasteiger charge is -2.73. The van der Waals surface area contributed by atoms with Crippen molar-refractivity contribution in [3.05, 3.63) is 35.4 Å². The molecule has 6 nitrogen and oxygen atoms in total. The third-order valence-electron chi connectivity index (χ3n) is 16.0. The first-order valence-electron chi connectivity index (χ1n) is 18.4. The second-order valence-corrected chi connectivity index (χ2v) is 18.0. The van der Waals surface area contributed by atoms with Gasteiger partial charge in [-0.05, 0) is 145 Å². The molecule has 5 aliphatic carbocycles. The van der Waals surface area contributed by atoms with Gasteiger partial charge in [0, 0.05) is 6.54 Å². The topological polar surface area (TPSA) is 104 Å². The van der Waals surface area contributed by atoms with E-state index in [4.69, 9.17) is 0 Å². The minimum atomic E-state index is -0.867. The Labute approximate surface area is 276 Å². The van der Waals surface area contributed by atoms with Crippen molar-refractivity contribution in [3.8, 4) is 0 Å². The quantitative estimate of drug-likeness (QED) is 0.278. The van der Waals surface area contributed by atoms with Gasteiger partial charge in [0.1, 0.15) is 0 Å². The summed E-state index contributed by atoms with van der Waals surface area (Å²) in [4.78, 5) is 36.8. The minimum Gasteiger partial charge on any atom is -0.481 e. The zero-order valence-electron chi connectivity index (χ0n) is 29.5. The number of fused-ring (bicyclic) bond motifs is 7. The van der Waals surface area contributed by atoms with Crippen LogP contribution >= 0.6 is 0 Å². The van der Waals surface area contributed by atoms with E-state index >= 15 is 0 Å². The molecule has 5 saturated carbocycles. The van der Waals surface area contributed by atoms with Crippen molar-refractivity contribution in [3.63, 3.8) is 0 Å². The molecule has 0 radical (unpaired) electrons. The number of carboxylic acid groups (broad SMARTS) is 2. The zero-order valence-corrected chi connectivity index (χ0v) is 29.5. The molecule has 3 N–H and O–H groups in total. The summed E-state index contributed by atoms with van der Waals surface area (Å²) < 4.78 is 0. The van der Waals surface area contributed by atoms with Gasteiger partial charge in [-0.2, -0.15) is 0 Å². The van der Waals surface area contributed by atoms with Crippen LogP contribution in [0, 0.1) is 62.6 Å². The first-order valence-corrected chi connectivity index (χ1v) is 18.4. The van der Waals surface area contributed by atoms with E-state index in [0.29, 0.717) is 47.0 Å². The second-order valence-electron chi connectivity index (χ2n) is 18.0. The van der Waals surface area contributed by atoms with Crippen LogP contribution in [0.15, 0.2) is 24.3 Å². The molecule has 0 heterocycles. The number of nitrogens with one attached hydrogen (secondary N) is 1. The van der Waals surface area contributed by atoms with E-state index in [1.54, 1.807) is 12.1 Å². The Morgan fingerprint density at radius 3 is 2.13 bits per heavy atom. The van der Waals surface area contributed by atoms with E-state index < -0.39 is 11.9 Å². The Bertz CT molecular complexity index is 1370. The molecule has 1 unspecified atom stereocenters. The molecule has 5 fully saturated rings. The normalized spacial score (nSPS) is 42.7. The van der Waals surface area contributed by atoms with E-state index in [2.05, 4.69) is 65.9 Å². The Hall–Kier alpha value is -2.37. The van der Waals surface area contributed by atoms with Crippen LogP contribution in [0.2, 0.25) is 0 Å². The fourth-order valence-electron chi connectivity index (χ4n) is 13.7. The van der Waals surface area contributed by atoms with E-state index in [-0.39, 0.29) is 45.9 Å². The van der Waals surface area contributed by atoms with Gasteiger partial charge in [0.15, 0.2) is 0 Å². The van der Waals surface area contributed by atoms with E-state index in [1.165, 1.54) is 37.7 Å². The van der Waals surface area contributed by atoms with Crippen molar-refractivity contribution < 1.29 is 24.6 Å². The molecule has 10 atom stereocenters. The number of hydrogen-bond acceptors (Lipinski definition) is 3. The summed E-state index contributed by atoms with van der Waals surface area (Å²) in [7, 11) is 0. The van der Waals surface area contributed by atoms with E-state index in [9.17, 15) is 24.6 Å². The van der Waals surface area contributed by atoms with Gasteiger partial charge in [0.05, 0.1) is 17.4 Å². The van der Waals surface area contributed by atoms with Crippen LogP contribution in [-0.2, 0) is 9.59 Å². The largest absolute Gasteiger partial charge is 0.481 e. The first-order chi connectivity index (χ1) is 21.5. The molecule has 6 heteroatoms. The number of carboxylic acids is 2. The highest BCUT2D eigenvalue weighted by Crippen LogP contribution is 2.78. The summed E-state index contributed by atoms with van der Waals surface area (Å²) >= 11 is 0. The van der Waals surface area contributed by atoms with Crippen LogP contribution in [-0.4, -0.2) is 34.6 Å². The highest BCUT2D eigenvalue weighted by atomic mass is 16.4. The van der Waals surface area contributed by atoms with Gasteiger partial charge in [-0.3, -0.25) is 9.59 Å². The van der Waals surface area contributed by atoms with Crippen molar-refractivity contribution in [2.45, 2.75) is 125 Å². The second kappa shape index (κ2) is 11.4. The van der Waals surface area contributed by atoms with Crippen molar-refractivity contribution in [1.82, 2.24) is 5.32 Å². The third kappa shape index (κ3) is 4.72. The standard InChI is InChI=1S/C40H59NO5/c1-24(2)27-14-20-40(35(46)41-23-17-32(42)43)22-21-38(6)29(33(27)40)12-13-31-37(5)18-15-28(25-8-10-26(11-9-25)34(44)45)36(3,4)30(37)16-19-39(31,38)7/h8-11,24,27-31,33H,12-23H2,1-7H3,(H,41,46)(H,42,43)(H,44,45)/t27-,28?,29+,30-,31+,33+,37-,38+,39+,40-/m0/s1. The number of benzene rings is 1. The number of carbonyl (C=O) groups excluding carboxylic acids is 1. The molecular formula is C40H59NO5. The highest BCUT2D eigenvalue weighted by molar-refractivity contribution is 5.87. The summed E-state index contributed by atoms with van der Waals surface area (Å²) in [5.74, 6) is 2.01. The molecule has 1 aromatic carbocycles. The molecule has 0 aromatic heterocycles. The number of amides is 1. The Morgan fingerprint density at radius 2 is 1.50 bits per heavy atom. The molecule has 0 aliphatic heterocycles. The van der Waals surface area contributed by atoms with Crippen molar-refractivity contribution >= 4 is 17.8 Å². The number of aliphatic carboxylic acids is 1. The molecule has 0 saturated heterocycles. The first kappa shape index (κ1) is 33.5. The summed E-state index contributed by atoms with van der Waals surface area (Å²) in [6.45, 7) is 17.8. The zero-order chi connectivity index (χ0) is 33.4. The van der Waals surface area contributed by atoms with Crippen LogP contribution in [0.25, 0.3) is 0 Å². The van der Waals surface area contributed by atoms with Gasteiger partial charge in [-0.25, -0.2) is 4.79 Å². The molecule has 6 rings (SSSR count). The van der Waals surface area contributed by atoms with Crippen LogP contribution in [0.3, 0.4) is 0 Å². The van der Waals surface area contributed by atoms with Crippen LogP contribution in [0.5, 0.6) is 0 Å². The smallest absolute Gasteiger partial charge is 0.335 e. The molecule has 46 heavy (non-hydrogen) atoms. The number of hydrogen-bond donors (Lipinski definition) is 3. The Balaban J connectivity index is 1.30. The lowest BCUT2D eigenvalue weighted by Crippen LogP contribution is -2.67. The molecule has 0 spiro atoms. The van der Waals surface area contributed by atoms with Crippen LogP contribution < -0.4 is 5.32 Å². The monoisotopic (exact) mass is 633 g/mol. The lowest BCUT2D eigenvalue weighted by atomic mass is 9.31. The predicted molar refractivity (Wildman–Crippen MR) is 180 cm³/mol. The third-order valence-corrected chi connectivity index (χ3v) is 16.0. The van der Waals surface area contributed by atoms with Crippen LogP contribution in [0.4, 0.5) is 0 Å². The summed E-state index contributed by atoms with van der Waals surface area (Å²) in [5.41, 5.74) is 2.02. The van der Waals surface area contributed by atoms with Crippen LogP contribution in [0.1, 0.15) is 141 Å². The van der Waals surface area contributed by atoms with Gasteiger partial charge in [0.25, 0.3) is 0 Å². The molecule has 254 valence electrons.